The molecular weight excluding hydrogens is 252 g/mol. The van der Waals surface area contributed by atoms with E-state index in [1.54, 1.807) is 6.92 Å². The molecule has 1 unspecified atom stereocenters. The van der Waals surface area contributed by atoms with Crippen molar-refractivity contribution in [3.8, 4) is 0 Å². The molecule has 19 heavy (non-hydrogen) atoms. The predicted octanol–water partition coefficient (Wildman–Crippen LogP) is 2.81. The van der Waals surface area contributed by atoms with E-state index in [1.165, 1.54) is 6.07 Å². The maximum atomic E-state index is 13.7. The molecule has 106 valence electrons. The van der Waals surface area contributed by atoms with Crippen LogP contribution in [-0.4, -0.2) is 19.1 Å². The number of ether oxygens (including phenoxy) is 1. The number of hydrogen-bond donors (Lipinski definition) is 1. The third kappa shape index (κ3) is 4.28. The van der Waals surface area contributed by atoms with E-state index in [9.17, 15) is 13.6 Å². The van der Waals surface area contributed by atoms with Crippen LogP contribution in [0, 0.1) is 17.6 Å². The normalized spacial score (nSPS) is 12.5. The van der Waals surface area contributed by atoms with Gasteiger partial charge >= 0.3 is 5.97 Å². The van der Waals surface area contributed by atoms with Gasteiger partial charge in [-0.25, -0.2) is 13.6 Å². The smallest absolute Gasteiger partial charge is 0.327 e. The summed E-state index contributed by atoms with van der Waals surface area (Å²) in [6, 6.07) is 2.39. The van der Waals surface area contributed by atoms with Gasteiger partial charge in [-0.15, -0.1) is 0 Å². The first-order valence-electron chi connectivity index (χ1n) is 6.31. The Kier molecular flexibility index (Phi) is 5.89. The number of carbonyl (C=O) groups excluding carboxylic acids is 1. The minimum absolute atomic E-state index is 0.161. The molecule has 0 aliphatic heterocycles. The molecule has 0 aromatic heterocycles. The zero-order valence-electron chi connectivity index (χ0n) is 11.4. The van der Waals surface area contributed by atoms with Crippen molar-refractivity contribution in [2.24, 2.45) is 5.92 Å². The third-order valence-electron chi connectivity index (χ3n) is 2.54. The van der Waals surface area contributed by atoms with Crippen LogP contribution >= 0.6 is 0 Å². The molecule has 1 atom stereocenters. The molecule has 0 bridgehead atoms. The van der Waals surface area contributed by atoms with Crippen molar-refractivity contribution in [2.75, 3.05) is 13.2 Å². The van der Waals surface area contributed by atoms with Crippen LogP contribution in [0.2, 0.25) is 0 Å². The standard InChI is InChI=1S/C14H19F2NO2/c1-4-19-14(18)13(17-8-9(2)3)12-10(15)6-5-7-11(12)16/h5-7,9,13,17H,4,8H2,1-3H3. The number of rotatable bonds is 6. The minimum Gasteiger partial charge on any atom is -0.465 e. The molecule has 1 aromatic rings. The highest BCUT2D eigenvalue weighted by Gasteiger charge is 2.27. The van der Waals surface area contributed by atoms with Gasteiger partial charge in [-0.05, 0) is 31.5 Å². The van der Waals surface area contributed by atoms with Crippen LogP contribution in [0.15, 0.2) is 18.2 Å². The molecule has 0 spiro atoms. The maximum absolute atomic E-state index is 13.7. The summed E-state index contributed by atoms with van der Waals surface area (Å²) in [4.78, 5) is 11.8. The van der Waals surface area contributed by atoms with Gasteiger partial charge < -0.3 is 10.1 Å². The van der Waals surface area contributed by atoms with Gasteiger partial charge in [0, 0.05) is 0 Å². The van der Waals surface area contributed by atoms with Crippen LogP contribution in [0.4, 0.5) is 8.78 Å². The second kappa shape index (κ2) is 7.19. The Bertz CT molecular complexity index is 415. The number of carbonyl (C=O) groups is 1. The zero-order valence-corrected chi connectivity index (χ0v) is 11.4. The molecule has 0 saturated carbocycles. The Morgan fingerprint density at radius 2 is 1.89 bits per heavy atom. The largest absolute Gasteiger partial charge is 0.465 e. The van der Waals surface area contributed by atoms with Gasteiger partial charge in [0.2, 0.25) is 0 Å². The van der Waals surface area contributed by atoms with Crippen molar-refractivity contribution in [1.82, 2.24) is 5.32 Å². The SMILES string of the molecule is CCOC(=O)C(NCC(C)C)c1c(F)cccc1F. The molecular formula is C14H19F2NO2. The quantitative estimate of drug-likeness (QED) is 0.809. The Morgan fingerprint density at radius 3 is 2.37 bits per heavy atom. The van der Waals surface area contributed by atoms with E-state index in [0.29, 0.717) is 6.54 Å². The van der Waals surface area contributed by atoms with Crippen molar-refractivity contribution < 1.29 is 18.3 Å². The summed E-state index contributed by atoms with van der Waals surface area (Å²) in [5, 5.41) is 2.85. The molecule has 5 heteroatoms. The van der Waals surface area contributed by atoms with Crippen LogP contribution in [0.5, 0.6) is 0 Å². The number of hydrogen-bond acceptors (Lipinski definition) is 3. The average Bonchev–Trinajstić information content (AvgIpc) is 2.32. The highest BCUT2D eigenvalue weighted by molar-refractivity contribution is 5.77. The van der Waals surface area contributed by atoms with Crippen molar-refractivity contribution in [3.05, 3.63) is 35.4 Å². The molecule has 0 heterocycles. The first-order chi connectivity index (χ1) is 8.97. The first-order valence-corrected chi connectivity index (χ1v) is 6.31. The summed E-state index contributed by atoms with van der Waals surface area (Å²) < 4.78 is 32.3. The number of halogens is 2. The Labute approximate surface area is 112 Å². The maximum Gasteiger partial charge on any atom is 0.327 e. The molecule has 1 rings (SSSR count). The molecule has 3 nitrogen and oxygen atoms in total. The summed E-state index contributed by atoms with van der Waals surface area (Å²) >= 11 is 0. The summed E-state index contributed by atoms with van der Waals surface area (Å²) in [7, 11) is 0. The topological polar surface area (TPSA) is 38.3 Å². The first kappa shape index (κ1) is 15.6. The van der Waals surface area contributed by atoms with E-state index in [4.69, 9.17) is 4.74 Å². The molecule has 0 radical (unpaired) electrons. The highest BCUT2D eigenvalue weighted by atomic mass is 19.1. The summed E-state index contributed by atoms with van der Waals surface area (Å²) in [6.07, 6.45) is 0. The Hall–Kier alpha value is -1.49. The molecule has 0 fully saturated rings. The lowest BCUT2D eigenvalue weighted by molar-refractivity contribution is -0.146. The van der Waals surface area contributed by atoms with Crippen LogP contribution in [0.1, 0.15) is 32.4 Å². The van der Waals surface area contributed by atoms with Crippen LogP contribution in [-0.2, 0) is 9.53 Å². The fourth-order valence-electron chi connectivity index (χ4n) is 1.67. The lowest BCUT2D eigenvalue weighted by Gasteiger charge is -2.19. The van der Waals surface area contributed by atoms with Crippen molar-refractivity contribution in [2.45, 2.75) is 26.8 Å². The fourth-order valence-corrected chi connectivity index (χ4v) is 1.67. The second-order valence-electron chi connectivity index (χ2n) is 4.62. The minimum atomic E-state index is -1.12. The van der Waals surface area contributed by atoms with Gasteiger partial charge in [0.25, 0.3) is 0 Å². The zero-order chi connectivity index (χ0) is 14.4. The Morgan fingerprint density at radius 1 is 1.32 bits per heavy atom. The van der Waals surface area contributed by atoms with E-state index >= 15 is 0 Å². The number of esters is 1. The van der Waals surface area contributed by atoms with Gasteiger partial charge in [0.05, 0.1) is 12.2 Å². The van der Waals surface area contributed by atoms with Gasteiger partial charge in [-0.2, -0.15) is 0 Å². The number of benzene rings is 1. The summed E-state index contributed by atoms with van der Waals surface area (Å²) in [6.45, 7) is 6.14. The molecule has 0 aliphatic rings. The van der Waals surface area contributed by atoms with Crippen LogP contribution < -0.4 is 5.32 Å². The van der Waals surface area contributed by atoms with E-state index < -0.39 is 23.6 Å². The third-order valence-corrected chi connectivity index (χ3v) is 2.54. The molecule has 1 N–H and O–H groups in total. The van der Waals surface area contributed by atoms with E-state index in [2.05, 4.69) is 5.32 Å². The summed E-state index contributed by atoms with van der Waals surface area (Å²) in [5.41, 5.74) is -0.290. The van der Waals surface area contributed by atoms with Gasteiger partial charge in [-0.1, -0.05) is 19.9 Å². The van der Waals surface area contributed by atoms with Crippen LogP contribution in [0.3, 0.4) is 0 Å². The average molecular weight is 271 g/mol. The van der Waals surface area contributed by atoms with Crippen molar-refractivity contribution >= 4 is 5.97 Å². The summed E-state index contributed by atoms with van der Waals surface area (Å²) in [5.74, 6) is -1.94. The Balaban J connectivity index is 3.04. The van der Waals surface area contributed by atoms with Crippen LogP contribution in [0.25, 0.3) is 0 Å². The predicted molar refractivity (Wildman–Crippen MR) is 68.6 cm³/mol. The van der Waals surface area contributed by atoms with Crippen molar-refractivity contribution in [1.29, 1.82) is 0 Å². The highest BCUT2D eigenvalue weighted by Crippen LogP contribution is 2.22. The number of nitrogens with one attached hydrogen (secondary N) is 1. The van der Waals surface area contributed by atoms with E-state index in [-0.39, 0.29) is 18.1 Å². The lowest BCUT2D eigenvalue weighted by Crippen LogP contribution is -2.34. The van der Waals surface area contributed by atoms with Gasteiger partial charge in [0.15, 0.2) is 0 Å². The van der Waals surface area contributed by atoms with E-state index in [0.717, 1.165) is 12.1 Å². The second-order valence-corrected chi connectivity index (χ2v) is 4.62. The molecule has 0 saturated heterocycles. The molecule has 0 aliphatic carbocycles. The van der Waals surface area contributed by atoms with Crippen molar-refractivity contribution in [3.63, 3.8) is 0 Å². The van der Waals surface area contributed by atoms with Gasteiger partial charge in [-0.3, -0.25) is 0 Å². The molecule has 0 amide bonds. The fraction of sp³-hybridized carbons (Fsp3) is 0.500. The monoisotopic (exact) mass is 271 g/mol. The molecule has 1 aromatic carbocycles. The lowest BCUT2D eigenvalue weighted by atomic mass is 10.0. The van der Waals surface area contributed by atoms with Gasteiger partial charge in [0.1, 0.15) is 17.7 Å². The van der Waals surface area contributed by atoms with E-state index in [1.807, 2.05) is 13.8 Å².